The molecule has 0 radical (unpaired) electrons. The van der Waals surface area contributed by atoms with Gasteiger partial charge in [-0.1, -0.05) is 19.3 Å². The van der Waals surface area contributed by atoms with Crippen LogP contribution in [0.3, 0.4) is 0 Å². The number of halogens is 6. The van der Waals surface area contributed by atoms with Gasteiger partial charge in [-0.2, -0.15) is 26.3 Å². The Morgan fingerprint density at radius 3 is 2.04 bits per heavy atom. The molecule has 9 heteroatoms. The number of thiocarbonyl (C=S) groups is 1. The van der Waals surface area contributed by atoms with Crippen LogP contribution in [0.25, 0.3) is 0 Å². The molecule has 24 heavy (non-hydrogen) atoms. The Morgan fingerprint density at radius 2 is 1.58 bits per heavy atom. The third-order valence-electron chi connectivity index (χ3n) is 4.08. The molecule has 0 unspecified atom stereocenters. The lowest BCUT2D eigenvalue weighted by atomic mass is 9.80. The zero-order valence-electron chi connectivity index (χ0n) is 12.5. The highest BCUT2D eigenvalue weighted by atomic mass is 32.1. The Balaban J connectivity index is 2.69. The molecule has 1 aliphatic rings. The van der Waals surface area contributed by atoms with Crippen LogP contribution in [0.2, 0.25) is 0 Å². The van der Waals surface area contributed by atoms with Crippen LogP contribution >= 0.6 is 12.2 Å². The summed E-state index contributed by atoms with van der Waals surface area (Å²) in [5, 5.41) is 1.93. The molecule has 0 amide bonds. The van der Waals surface area contributed by atoms with Gasteiger partial charge < -0.3 is 11.1 Å². The average molecular weight is 370 g/mol. The number of nitrogens with one attached hydrogen (secondary N) is 1. The monoisotopic (exact) mass is 370 g/mol. The van der Waals surface area contributed by atoms with Crippen LogP contribution < -0.4 is 11.1 Å². The average Bonchev–Trinajstić information content (AvgIpc) is 2.44. The largest absolute Gasteiger partial charge is 0.416 e. The van der Waals surface area contributed by atoms with E-state index in [1.165, 1.54) is 0 Å². The number of nitrogens with two attached hydrogens (primary N) is 1. The maximum absolute atomic E-state index is 13.4. The molecule has 2 rings (SSSR count). The zero-order chi connectivity index (χ0) is 18.1. The first-order valence-electron chi connectivity index (χ1n) is 7.39. The van der Waals surface area contributed by atoms with Gasteiger partial charge in [-0.25, -0.2) is 0 Å². The van der Waals surface area contributed by atoms with E-state index in [-0.39, 0.29) is 22.4 Å². The second-order valence-electron chi connectivity index (χ2n) is 5.80. The zero-order valence-corrected chi connectivity index (χ0v) is 13.3. The van der Waals surface area contributed by atoms with Crippen molar-refractivity contribution in [3.63, 3.8) is 0 Å². The van der Waals surface area contributed by atoms with Gasteiger partial charge in [0.05, 0.1) is 11.1 Å². The second kappa shape index (κ2) is 6.78. The van der Waals surface area contributed by atoms with E-state index in [1.807, 2.05) is 0 Å². The predicted molar refractivity (Wildman–Crippen MR) is 82.7 cm³/mol. The molecule has 1 aliphatic carbocycles. The predicted octanol–water partition coefficient (Wildman–Crippen LogP) is 5.43. The summed E-state index contributed by atoms with van der Waals surface area (Å²) in [6, 6.07) is 0.826. The second-order valence-corrected chi connectivity index (χ2v) is 6.24. The SMILES string of the molecule is NC(=S)Nc1cc(C(F)(F)F)cc(C(F)(F)F)c1C1CCCCC1. The normalized spacial score (nSPS) is 16.9. The summed E-state index contributed by atoms with van der Waals surface area (Å²) in [5.41, 5.74) is 2.16. The minimum atomic E-state index is -4.91. The van der Waals surface area contributed by atoms with E-state index in [4.69, 9.17) is 5.73 Å². The maximum atomic E-state index is 13.4. The van der Waals surface area contributed by atoms with Crippen LogP contribution in [0.15, 0.2) is 12.1 Å². The summed E-state index contributed by atoms with van der Waals surface area (Å²) in [7, 11) is 0. The number of hydrogen-bond acceptors (Lipinski definition) is 1. The summed E-state index contributed by atoms with van der Waals surface area (Å²) in [4.78, 5) is 0. The van der Waals surface area contributed by atoms with Crippen LogP contribution in [-0.2, 0) is 12.4 Å². The minimum Gasteiger partial charge on any atom is -0.376 e. The topological polar surface area (TPSA) is 38.0 Å². The van der Waals surface area contributed by atoms with Crippen molar-refractivity contribution in [2.45, 2.75) is 50.4 Å². The molecule has 1 aromatic rings. The Hall–Kier alpha value is -1.51. The first-order chi connectivity index (χ1) is 11.0. The third-order valence-corrected chi connectivity index (χ3v) is 4.19. The van der Waals surface area contributed by atoms with E-state index in [1.54, 1.807) is 0 Å². The molecular weight excluding hydrogens is 354 g/mol. The molecule has 0 aliphatic heterocycles. The van der Waals surface area contributed by atoms with Gasteiger partial charge in [-0.15, -0.1) is 0 Å². The van der Waals surface area contributed by atoms with Gasteiger partial charge in [0.1, 0.15) is 0 Å². The number of benzene rings is 1. The fourth-order valence-electron chi connectivity index (χ4n) is 3.12. The number of hydrogen-bond donors (Lipinski definition) is 2. The van der Waals surface area contributed by atoms with Crippen molar-refractivity contribution in [2.75, 3.05) is 5.32 Å². The fraction of sp³-hybridized carbons (Fsp3) is 0.533. The molecule has 1 saturated carbocycles. The van der Waals surface area contributed by atoms with Crippen molar-refractivity contribution < 1.29 is 26.3 Å². The van der Waals surface area contributed by atoms with Crippen molar-refractivity contribution in [1.29, 1.82) is 0 Å². The van der Waals surface area contributed by atoms with Gasteiger partial charge in [0.15, 0.2) is 5.11 Å². The van der Waals surface area contributed by atoms with E-state index in [0.717, 1.165) is 19.3 Å². The highest BCUT2D eigenvalue weighted by Gasteiger charge is 2.41. The van der Waals surface area contributed by atoms with Gasteiger partial charge in [-0.3, -0.25) is 0 Å². The van der Waals surface area contributed by atoms with Crippen molar-refractivity contribution in [2.24, 2.45) is 5.73 Å². The number of anilines is 1. The van der Waals surface area contributed by atoms with Gasteiger partial charge in [-0.05, 0) is 48.7 Å². The molecule has 1 aromatic carbocycles. The smallest absolute Gasteiger partial charge is 0.376 e. The van der Waals surface area contributed by atoms with Crippen molar-refractivity contribution >= 4 is 23.0 Å². The maximum Gasteiger partial charge on any atom is 0.416 e. The molecule has 2 nitrogen and oxygen atoms in total. The summed E-state index contributed by atoms with van der Waals surface area (Å²) >= 11 is 4.62. The molecule has 0 atom stereocenters. The lowest BCUT2D eigenvalue weighted by Crippen LogP contribution is -2.24. The lowest BCUT2D eigenvalue weighted by Gasteiger charge is -2.28. The molecule has 0 bridgehead atoms. The molecule has 0 aromatic heterocycles. The van der Waals surface area contributed by atoms with Crippen molar-refractivity contribution in [3.05, 3.63) is 28.8 Å². The van der Waals surface area contributed by atoms with Gasteiger partial charge >= 0.3 is 12.4 Å². The first-order valence-corrected chi connectivity index (χ1v) is 7.79. The molecule has 134 valence electrons. The van der Waals surface area contributed by atoms with Crippen molar-refractivity contribution in [3.8, 4) is 0 Å². The van der Waals surface area contributed by atoms with Crippen LogP contribution in [0, 0.1) is 0 Å². The lowest BCUT2D eigenvalue weighted by molar-refractivity contribution is -0.143. The van der Waals surface area contributed by atoms with Crippen LogP contribution in [0.4, 0.5) is 32.0 Å². The molecule has 0 saturated heterocycles. The number of alkyl halides is 6. The van der Waals surface area contributed by atoms with E-state index >= 15 is 0 Å². The summed E-state index contributed by atoms with van der Waals surface area (Å²) in [5.74, 6) is -0.477. The molecule has 0 heterocycles. The van der Waals surface area contributed by atoms with Gasteiger partial charge in [0.25, 0.3) is 0 Å². The van der Waals surface area contributed by atoms with E-state index < -0.39 is 29.4 Å². The van der Waals surface area contributed by atoms with Gasteiger partial charge in [0, 0.05) is 5.69 Å². The molecule has 0 spiro atoms. The molecule has 3 N–H and O–H groups in total. The van der Waals surface area contributed by atoms with Gasteiger partial charge in [0.2, 0.25) is 0 Å². The standard InChI is InChI=1S/C15H16F6N2S/c16-14(17,18)9-6-10(15(19,20)21)12(8-4-2-1-3-5-8)11(7-9)23-13(22)24/h6-8H,1-5H2,(H3,22,23,24). The first kappa shape index (κ1) is 18.8. The Morgan fingerprint density at radius 1 is 1.00 bits per heavy atom. The highest BCUT2D eigenvalue weighted by molar-refractivity contribution is 7.80. The Labute approximate surface area is 140 Å². The van der Waals surface area contributed by atoms with Crippen LogP contribution in [0.5, 0.6) is 0 Å². The summed E-state index contributed by atoms with van der Waals surface area (Å²) < 4.78 is 79.3. The third kappa shape index (κ3) is 4.31. The Kier molecular flexibility index (Phi) is 5.31. The quantitative estimate of drug-likeness (QED) is 0.539. The summed E-state index contributed by atoms with van der Waals surface area (Å²) in [6.07, 6.45) is -6.47. The molecule has 1 fully saturated rings. The van der Waals surface area contributed by atoms with Crippen LogP contribution in [-0.4, -0.2) is 5.11 Å². The minimum absolute atomic E-state index is 0.175. The van der Waals surface area contributed by atoms with Crippen molar-refractivity contribution in [1.82, 2.24) is 0 Å². The summed E-state index contributed by atoms with van der Waals surface area (Å²) in [6.45, 7) is 0. The Bertz CT molecular complexity index is 618. The van der Waals surface area contributed by atoms with E-state index in [2.05, 4.69) is 17.5 Å². The van der Waals surface area contributed by atoms with E-state index in [9.17, 15) is 26.3 Å². The molecular formula is C15H16F6N2S. The van der Waals surface area contributed by atoms with E-state index in [0.29, 0.717) is 18.9 Å². The van der Waals surface area contributed by atoms with Crippen LogP contribution in [0.1, 0.15) is 54.7 Å². The fourth-order valence-corrected chi connectivity index (χ4v) is 3.23. The highest BCUT2D eigenvalue weighted by Crippen LogP contribution is 2.46. The number of rotatable bonds is 2.